The SMILES string of the molecule is CCC(NCC(=O)NC(C)(C)C)c1ccc(O)cc1. The van der Waals surface area contributed by atoms with E-state index >= 15 is 0 Å². The molecule has 0 fully saturated rings. The first-order valence-corrected chi connectivity index (χ1v) is 6.65. The molecule has 3 N–H and O–H groups in total. The molecule has 1 unspecified atom stereocenters. The van der Waals surface area contributed by atoms with Crippen molar-refractivity contribution in [1.82, 2.24) is 10.6 Å². The summed E-state index contributed by atoms with van der Waals surface area (Å²) < 4.78 is 0. The fourth-order valence-electron chi connectivity index (χ4n) is 1.88. The van der Waals surface area contributed by atoms with Crippen LogP contribution in [0, 0.1) is 0 Å². The summed E-state index contributed by atoms with van der Waals surface area (Å²) in [7, 11) is 0. The summed E-state index contributed by atoms with van der Waals surface area (Å²) in [6, 6.07) is 7.19. The Morgan fingerprint density at radius 3 is 2.32 bits per heavy atom. The van der Waals surface area contributed by atoms with Crippen molar-refractivity contribution in [3.63, 3.8) is 0 Å². The zero-order valence-electron chi connectivity index (χ0n) is 12.2. The van der Waals surface area contributed by atoms with Gasteiger partial charge in [-0.2, -0.15) is 0 Å². The Hall–Kier alpha value is -1.55. The van der Waals surface area contributed by atoms with E-state index in [9.17, 15) is 9.90 Å². The minimum atomic E-state index is -0.209. The molecule has 4 nitrogen and oxygen atoms in total. The van der Waals surface area contributed by atoms with Crippen LogP contribution in [0.2, 0.25) is 0 Å². The first-order valence-electron chi connectivity index (χ1n) is 6.65. The maximum Gasteiger partial charge on any atom is 0.234 e. The largest absolute Gasteiger partial charge is 0.508 e. The molecular weight excluding hydrogens is 240 g/mol. The van der Waals surface area contributed by atoms with Crippen LogP contribution in [0.1, 0.15) is 45.7 Å². The molecule has 106 valence electrons. The molecule has 4 heteroatoms. The standard InChI is InChI=1S/C15H24N2O2/c1-5-13(11-6-8-12(18)9-7-11)16-10-14(19)17-15(2,3)4/h6-9,13,16,18H,5,10H2,1-4H3,(H,17,19). The van der Waals surface area contributed by atoms with Crippen molar-refractivity contribution >= 4 is 5.91 Å². The maximum atomic E-state index is 11.8. The van der Waals surface area contributed by atoms with Gasteiger partial charge in [0.1, 0.15) is 5.75 Å². The Morgan fingerprint density at radius 1 is 1.26 bits per heavy atom. The summed E-state index contributed by atoms with van der Waals surface area (Å²) in [6.45, 7) is 8.23. The van der Waals surface area contributed by atoms with E-state index in [0.29, 0.717) is 0 Å². The van der Waals surface area contributed by atoms with Crippen molar-refractivity contribution in [2.24, 2.45) is 0 Å². The normalized spacial score (nSPS) is 13.1. The average molecular weight is 264 g/mol. The van der Waals surface area contributed by atoms with Gasteiger partial charge in [0.2, 0.25) is 5.91 Å². The molecule has 0 aromatic heterocycles. The number of phenols is 1. The Bertz CT molecular complexity index is 407. The predicted molar refractivity (Wildman–Crippen MR) is 77.0 cm³/mol. The van der Waals surface area contributed by atoms with Crippen LogP contribution in [0.4, 0.5) is 0 Å². The van der Waals surface area contributed by atoms with Gasteiger partial charge < -0.3 is 15.7 Å². The summed E-state index contributed by atoms with van der Waals surface area (Å²) in [5.41, 5.74) is 0.864. The third-order valence-corrected chi connectivity index (χ3v) is 2.73. The molecule has 0 saturated heterocycles. The van der Waals surface area contributed by atoms with Crippen LogP contribution in [0.3, 0.4) is 0 Å². The lowest BCUT2D eigenvalue weighted by Gasteiger charge is -2.22. The van der Waals surface area contributed by atoms with Crippen LogP contribution in [0.15, 0.2) is 24.3 Å². The highest BCUT2D eigenvalue weighted by Gasteiger charge is 2.15. The van der Waals surface area contributed by atoms with Gasteiger partial charge in [-0.3, -0.25) is 4.79 Å². The number of carbonyl (C=O) groups is 1. The number of nitrogens with one attached hydrogen (secondary N) is 2. The smallest absolute Gasteiger partial charge is 0.234 e. The highest BCUT2D eigenvalue weighted by atomic mass is 16.3. The van der Waals surface area contributed by atoms with Gasteiger partial charge in [-0.1, -0.05) is 19.1 Å². The molecule has 0 aliphatic carbocycles. The monoisotopic (exact) mass is 264 g/mol. The lowest BCUT2D eigenvalue weighted by molar-refractivity contribution is -0.121. The summed E-state index contributed by atoms with van der Waals surface area (Å²) in [5.74, 6) is 0.244. The van der Waals surface area contributed by atoms with E-state index in [1.165, 1.54) is 0 Å². The van der Waals surface area contributed by atoms with Crippen molar-refractivity contribution in [2.75, 3.05) is 6.54 Å². The van der Waals surface area contributed by atoms with E-state index < -0.39 is 0 Å². The molecule has 0 aliphatic heterocycles. The molecule has 1 aromatic carbocycles. The summed E-state index contributed by atoms with van der Waals surface area (Å²) in [5, 5.41) is 15.4. The van der Waals surface area contributed by atoms with E-state index in [0.717, 1.165) is 12.0 Å². The summed E-state index contributed by atoms with van der Waals surface area (Å²) in [6.07, 6.45) is 0.883. The molecule has 0 radical (unpaired) electrons. The van der Waals surface area contributed by atoms with E-state index in [4.69, 9.17) is 0 Å². The van der Waals surface area contributed by atoms with Crippen LogP contribution >= 0.6 is 0 Å². The van der Waals surface area contributed by atoms with Crippen molar-refractivity contribution in [1.29, 1.82) is 0 Å². The van der Waals surface area contributed by atoms with Crippen LogP contribution in [0.25, 0.3) is 0 Å². The number of hydrogen-bond donors (Lipinski definition) is 3. The second-order valence-corrected chi connectivity index (χ2v) is 5.73. The number of rotatable bonds is 5. The fraction of sp³-hybridized carbons (Fsp3) is 0.533. The van der Waals surface area contributed by atoms with Crippen LogP contribution in [0.5, 0.6) is 5.75 Å². The molecule has 19 heavy (non-hydrogen) atoms. The van der Waals surface area contributed by atoms with Crippen LogP contribution < -0.4 is 10.6 Å². The van der Waals surface area contributed by atoms with Crippen molar-refractivity contribution < 1.29 is 9.90 Å². The number of amides is 1. The molecule has 0 heterocycles. The molecule has 0 saturated carbocycles. The zero-order valence-corrected chi connectivity index (χ0v) is 12.2. The first-order chi connectivity index (χ1) is 8.81. The lowest BCUT2D eigenvalue weighted by Crippen LogP contribution is -2.45. The molecule has 0 aliphatic rings. The van der Waals surface area contributed by atoms with Crippen molar-refractivity contribution in [3.8, 4) is 5.75 Å². The number of carbonyl (C=O) groups excluding carboxylic acids is 1. The molecule has 1 aromatic rings. The van der Waals surface area contributed by atoms with Crippen LogP contribution in [-0.2, 0) is 4.79 Å². The lowest BCUT2D eigenvalue weighted by atomic mass is 10.0. The Labute approximate surface area is 115 Å². The molecule has 0 bridgehead atoms. The Kier molecular flexibility index (Phi) is 5.36. The first kappa shape index (κ1) is 15.5. The van der Waals surface area contributed by atoms with E-state index in [1.807, 2.05) is 32.9 Å². The van der Waals surface area contributed by atoms with Gasteiger partial charge >= 0.3 is 0 Å². The summed E-state index contributed by atoms with van der Waals surface area (Å²) >= 11 is 0. The predicted octanol–water partition coefficient (Wildman–Crippen LogP) is 2.35. The molecular formula is C15H24N2O2. The molecule has 1 rings (SSSR count). The fourth-order valence-corrected chi connectivity index (χ4v) is 1.88. The second-order valence-electron chi connectivity index (χ2n) is 5.73. The van der Waals surface area contributed by atoms with Gasteiger partial charge in [0, 0.05) is 11.6 Å². The van der Waals surface area contributed by atoms with Crippen molar-refractivity contribution in [3.05, 3.63) is 29.8 Å². The van der Waals surface area contributed by atoms with Gasteiger partial charge in [-0.25, -0.2) is 0 Å². The van der Waals surface area contributed by atoms with Gasteiger partial charge in [-0.15, -0.1) is 0 Å². The van der Waals surface area contributed by atoms with Gasteiger partial charge in [0.05, 0.1) is 6.54 Å². The highest BCUT2D eigenvalue weighted by molar-refractivity contribution is 5.78. The van der Waals surface area contributed by atoms with Gasteiger partial charge in [0.15, 0.2) is 0 Å². The van der Waals surface area contributed by atoms with E-state index in [1.54, 1.807) is 12.1 Å². The Morgan fingerprint density at radius 2 is 1.84 bits per heavy atom. The zero-order chi connectivity index (χ0) is 14.5. The summed E-state index contributed by atoms with van der Waals surface area (Å²) in [4.78, 5) is 11.8. The quantitative estimate of drug-likeness (QED) is 0.765. The number of benzene rings is 1. The highest BCUT2D eigenvalue weighted by Crippen LogP contribution is 2.19. The number of phenolic OH excluding ortho intramolecular Hbond substituents is 1. The third-order valence-electron chi connectivity index (χ3n) is 2.73. The second kappa shape index (κ2) is 6.57. The minimum absolute atomic E-state index is 0.00951. The van der Waals surface area contributed by atoms with Crippen molar-refractivity contribution in [2.45, 2.75) is 45.7 Å². The molecule has 1 amide bonds. The topological polar surface area (TPSA) is 61.4 Å². The minimum Gasteiger partial charge on any atom is -0.508 e. The van der Waals surface area contributed by atoms with Gasteiger partial charge in [0.25, 0.3) is 0 Å². The van der Waals surface area contributed by atoms with E-state index in [-0.39, 0.29) is 29.8 Å². The van der Waals surface area contributed by atoms with Gasteiger partial charge in [-0.05, 0) is 44.9 Å². The number of aromatic hydroxyl groups is 1. The molecule has 1 atom stereocenters. The number of hydrogen-bond acceptors (Lipinski definition) is 3. The average Bonchev–Trinajstić information content (AvgIpc) is 2.29. The Balaban J connectivity index is 2.54. The third kappa shape index (κ3) is 5.75. The maximum absolute atomic E-state index is 11.8. The van der Waals surface area contributed by atoms with E-state index in [2.05, 4.69) is 17.6 Å². The molecule has 0 spiro atoms. The van der Waals surface area contributed by atoms with Crippen LogP contribution in [-0.4, -0.2) is 23.1 Å².